The molecule has 1 aromatic carbocycles. The van der Waals surface area contributed by atoms with E-state index in [0.717, 1.165) is 22.7 Å². The van der Waals surface area contributed by atoms with Crippen LogP contribution < -0.4 is 5.32 Å². The van der Waals surface area contributed by atoms with Crippen LogP contribution in [0.25, 0.3) is 0 Å². The summed E-state index contributed by atoms with van der Waals surface area (Å²) >= 11 is 1.64. The van der Waals surface area contributed by atoms with Crippen molar-refractivity contribution in [2.24, 2.45) is 0 Å². The van der Waals surface area contributed by atoms with Gasteiger partial charge in [0, 0.05) is 24.9 Å². The molecule has 128 valence electrons. The second-order valence-corrected chi connectivity index (χ2v) is 7.12. The topological polar surface area (TPSA) is 54.5 Å². The van der Waals surface area contributed by atoms with E-state index in [1.54, 1.807) is 11.3 Å². The van der Waals surface area contributed by atoms with Gasteiger partial charge in [-0.2, -0.15) is 0 Å². The Balaban J connectivity index is 1.61. The number of urea groups is 1. The van der Waals surface area contributed by atoms with Crippen molar-refractivity contribution < 1.29 is 9.53 Å². The molecule has 24 heavy (non-hydrogen) atoms. The number of carbonyl (C=O) groups excluding carboxylic acids is 1. The van der Waals surface area contributed by atoms with E-state index in [-0.39, 0.29) is 18.2 Å². The van der Waals surface area contributed by atoms with E-state index < -0.39 is 0 Å². The van der Waals surface area contributed by atoms with Crippen LogP contribution in [-0.2, 0) is 11.2 Å². The summed E-state index contributed by atoms with van der Waals surface area (Å²) in [5.74, 6) is 0. The zero-order chi connectivity index (χ0) is 16.9. The summed E-state index contributed by atoms with van der Waals surface area (Å²) in [6.07, 6.45) is 0.809. The van der Waals surface area contributed by atoms with Crippen LogP contribution in [0.15, 0.2) is 35.7 Å². The number of aromatic nitrogens is 1. The summed E-state index contributed by atoms with van der Waals surface area (Å²) in [5, 5.41) is 6.13. The lowest BCUT2D eigenvalue weighted by Gasteiger charge is -2.38. The van der Waals surface area contributed by atoms with Crippen LogP contribution in [0, 0.1) is 6.92 Å². The fourth-order valence-electron chi connectivity index (χ4n) is 2.90. The van der Waals surface area contributed by atoms with Crippen LogP contribution >= 0.6 is 11.3 Å². The van der Waals surface area contributed by atoms with E-state index in [2.05, 4.69) is 10.3 Å². The minimum Gasteiger partial charge on any atom is -0.374 e. The van der Waals surface area contributed by atoms with Gasteiger partial charge in [0.2, 0.25) is 0 Å². The quantitative estimate of drug-likeness (QED) is 0.926. The van der Waals surface area contributed by atoms with Gasteiger partial charge in [-0.05, 0) is 19.4 Å². The summed E-state index contributed by atoms with van der Waals surface area (Å²) in [5.41, 5.74) is 2.14. The van der Waals surface area contributed by atoms with Gasteiger partial charge in [-0.25, -0.2) is 9.78 Å². The molecule has 0 bridgehead atoms. The van der Waals surface area contributed by atoms with Crippen molar-refractivity contribution in [2.45, 2.75) is 32.4 Å². The van der Waals surface area contributed by atoms with Gasteiger partial charge in [-0.3, -0.25) is 0 Å². The van der Waals surface area contributed by atoms with Crippen LogP contribution in [0.5, 0.6) is 0 Å². The highest BCUT2D eigenvalue weighted by atomic mass is 32.1. The molecule has 2 aromatic rings. The Morgan fingerprint density at radius 2 is 2.21 bits per heavy atom. The van der Waals surface area contributed by atoms with Crippen molar-refractivity contribution in [3.05, 3.63) is 52.0 Å². The third-order valence-corrected chi connectivity index (χ3v) is 4.96. The number of carbonyl (C=O) groups is 1. The van der Waals surface area contributed by atoms with Crippen molar-refractivity contribution in [3.8, 4) is 0 Å². The standard InChI is InChI=1S/C18H23N3O2S/c1-13-10-21(17(11-23-13)15-6-4-3-5-7-15)18(22)19-9-8-16-12-24-14(2)20-16/h3-7,12-13,17H,8-11H2,1-2H3,(H,19,22)/t13-,17-/m1/s1. The first-order chi connectivity index (χ1) is 11.6. The average molecular weight is 345 g/mol. The first-order valence-corrected chi connectivity index (χ1v) is 9.13. The lowest BCUT2D eigenvalue weighted by molar-refractivity contribution is -0.0380. The number of morpholine rings is 1. The number of ether oxygens (including phenoxy) is 1. The molecule has 5 nitrogen and oxygen atoms in total. The van der Waals surface area contributed by atoms with Gasteiger partial charge in [-0.1, -0.05) is 30.3 Å². The first kappa shape index (κ1) is 16.9. The van der Waals surface area contributed by atoms with Gasteiger partial charge in [0.05, 0.1) is 29.5 Å². The number of benzene rings is 1. The van der Waals surface area contributed by atoms with E-state index in [9.17, 15) is 4.79 Å². The highest BCUT2D eigenvalue weighted by Gasteiger charge is 2.31. The van der Waals surface area contributed by atoms with Crippen molar-refractivity contribution in [2.75, 3.05) is 19.7 Å². The van der Waals surface area contributed by atoms with Crippen LogP contribution in [0.1, 0.15) is 29.2 Å². The molecule has 1 saturated heterocycles. The second kappa shape index (κ2) is 7.77. The molecule has 2 atom stereocenters. The molecule has 3 rings (SSSR count). The van der Waals surface area contributed by atoms with Gasteiger partial charge < -0.3 is 15.0 Å². The summed E-state index contributed by atoms with van der Waals surface area (Å²) in [4.78, 5) is 19.0. The molecule has 0 radical (unpaired) electrons. The summed E-state index contributed by atoms with van der Waals surface area (Å²) < 4.78 is 5.77. The molecule has 1 N–H and O–H groups in total. The van der Waals surface area contributed by atoms with Crippen LogP contribution in [0.3, 0.4) is 0 Å². The maximum atomic E-state index is 12.7. The highest BCUT2D eigenvalue weighted by molar-refractivity contribution is 7.09. The van der Waals surface area contributed by atoms with E-state index in [1.165, 1.54) is 0 Å². The monoisotopic (exact) mass is 345 g/mol. The molecule has 0 aliphatic carbocycles. The maximum absolute atomic E-state index is 12.7. The Hall–Kier alpha value is -1.92. The summed E-state index contributed by atoms with van der Waals surface area (Å²) in [6.45, 7) is 5.71. The molecule has 2 amide bonds. The van der Waals surface area contributed by atoms with Crippen LogP contribution in [0.4, 0.5) is 4.79 Å². The van der Waals surface area contributed by atoms with Crippen LogP contribution in [0.2, 0.25) is 0 Å². The molecule has 6 heteroatoms. The molecule has 1 aliphatic heterocycles. The van der Waals surface area contributed by atoms with Crippen molar-refractivity contribution in [3.63, 3.8) is 0 Å². The van der Waals surface area contributed by atoms with Gasteiger partial charge >= 0.3 is 6.03 Å². The zero-order valence-electron chi connectivity index (χ0n) is 14.1. The van der Waals surface area contributed by atoms with E-state index >= 15 is 0 Å². The van der Waals surface area contributed by atoms with Gasteiger partial charge in [0.25, 0.3) is 0 Å². The molecule has 1 aliphatic rings. The average Bonchev–Trinajstić information content (AvgIpc) is 3.01. The van der Waals surface area contributed by atoms with E-state index in [1.807, 2.05) is 54.5 Å². The van der Waals surface area contributed by atoms with Gasteiger partial charge in [-0.15, -0.1) is 11.3 Å². The zero-order valence-corrected chi connectivity index (χ0v) is 14.9. The maximum Gasteiger partial charge on any atom is 0.318 e. The molecule has 0 saturated carbocycles. The second-order valence-electron chi connectivity index (χ2n) is 6.06. The molecule has 1 fully saturated rings. The van der Waals surface area contributed by atoms with E-state index in [0.29, 0.717) is 19.7 Å². The summed E-state index contributed by atoms with van der Waals surface area (Å²) in [6, 6.07) is 9.98. The highest BCUT2D eigenvalue weighted by Crippen LogP contribution is 2.26. The Kier molecular flexibility index (Phi) is 5.48. The number of rotatable bonds is 4. The molecule has 2 heterocycles. The predicted molar refractivity (Wildman–Crippen MR) is 95.3 cm³/mol. The number of amides is 2. The molecule has 0 unspecified atom stereocenters. The van der Waals surface area contributed by atoms with Gasteiger partial charge in [0.1, 0.15) is 0 Å². The fraction of sp³-hybridized carbons (Fsp3) is 0.444. The predicted octanol–water partition coefficient (Wildman–Crippen LogP) is 3.17. The van der Waals surface area contributed by atoms with Gasteiger partial charge in [0.15, 0.2) is 0 Å². The largest absolute Gasteiger partial charge is 0.374 e. The number of nitrogens with zero attached hydrogens (tertiary/aromatic N) is 2. The summed E-state index contributed by atoms with van der Waals surface area (Å²) in [7, 11) is 0. The number of nitrogens with one attached hydrogen (secondary N) is 1. The number of aryl methyl sites for hydroxylation is 1. The molecular formula is C18H23N3O2S. The Bertz CT molecular complexity index is 674. The van der Waals surface area contributed by atoms with E-state index in [4.69, 9.17) is 4.74 Å². The smallest absolute Gasteiger partial charge is 0.318 e. The van der Waals surface area contributed by atoms with Crippen LogP contribution in [-0.4, -0.2) is 41.7 Å². The minimum absolute atomic E-state index is 0.0362. The Morgan fingerprint density at radius 1 is 1.42 bits per heavy atom. The molecule has 0 spiro atoms. The number of thiazole rings is 1. The lowest BCUT2D eigenvalue weighted by Crippen LogP contribution is -2.50. The Labute approximate surface area is 146 Å². The Morgan fingerprint density at radius 3 is 2.92 bits per heavy atom. The first-order valence-electron chi connectivity index (χ1n) is 8.25. The SMILES string of the molecule is Cc1nc(CCNC(=O)N2C[C@@H](C)OC[C@@H]2c2ccccc2)cs1. The number of hydrogen-bond acceptors (Lipinski definition) is 4. The third kappa shape index (κ3) is 4.13. The van der Waals surface area contributed by atoms with Crippen molar-refractivity contribution in [1.29, 1.82) is 0 Å². The third-order valence-electron chi connectivity index (χ3n) is 4.14. The van der Waals surface area contributed by atoms with Crippen molar-refractivity contribution in [1.82, 2.24) is 15.2 Å². The molecular weight excluding hydrogens is 322 g/mol. The fourth-order valence-corrected chi connectivity index (χ4v) is 3.55. The minimum atomic E-state index is -0.0380. The van der Waals surface area contributed by atoms with Crippen molar-refractivity contribution >= 4 is 17.4 Å². The lowest BCUT2D eigenvalue weighted by atomic mass is 10.0. The number of hydrogen-bond donors (Lipinski definition) is 1. The normalized spacial score (nSPS) is 20.8. The molecule has 1 aromatic heterocycles.